The molecule has 0 saturated carbocycles. The van der Waals surface area contributed by atoms with E-state index in [0.717, 1.165) is 23.8 Å². The molecule has 3 aliphatic carbocycles. The van der Waals surface area contributed by atoms with Crippen molar-refractivity contribution in [3.63, 3.8) is 0 Å². The fraction of sp³-hybridized carbons (Fsp3) is 0.387. The molecule has 4 atom stereocenters. The summed E-state index contributed by atoms with van der Waals surface area (Å²) in [4.78, 5) is 41.2. The molecule has 0 bridgehead atoms. The lowest BCUT2D eigenvalue weighted by Gasteiger charge is -2.50. The number of Topliss-reactive ketones (excluding diaryl/α,β-unsaturated/α-hetero) is 3. The van der Waals surface area contributed by atoms with Crippen molar-refractivity contribution in [1.29, 1.82) is 0 Å². The van der Waals surface area contributed by atoms with Crippen LogP contribution in [0.3, 0.4) is 0 Å². The van der Waals surface area contributed by atoms with Crippen molar-refractivity contribution < 1.29 is 39.5 Å². The second kappa shape index (κ2) is 9.91. The number of ketones is 3. The number of aliphatic hydroxyl groups is 3. The Labute approximate surface area is 232 Å². The van der Waals surface area contributed by atoms with E-state index in [1.54, 1.807) is 32.2 Å². The zero-order valence-electron chi connectivity index (χ0n) is 22.9. The summed E-state index contributed by atoms with van der Waals surface area (Å²) < 4.78 is 5.22. The number of benzene rings is 2. The molecule has 3 aliphatic rings. The molecule has 2 aromatic rings. The van der Waals surface area contributed by atoms with Crippen molar-refractivity contribution in [1.82, 2.24) is 4.90 Å². The molecule has 9 heteroatoms. The van der Waals surface area contributed by atoms with Crippen molar-refractivity contribution >= 4 is 17.3 Å². The van der Waals surface area contributed by atoms with Crippen molar-refractivity contribution in [2.75, 3.05) is 21.2 Å². The van der Waals surface area contributed by atoms with E-state index in [9.17, 15) is 34.8 Å². The van der Waals surface area contributed by atoms with Gasteiger partial charge < -0.3 is 25.2 Å². The van der Waals surface area contributed by atoms with Crippen molar-refractivity contribution in [2.45, 2.75) is 44.2 Å². The second-order valence-electron chi connectivity index (χ2n) is 11.1. The van der Waals surface area contributed by atoms with Crippen molar-refractivity contribution in [2.24, 2.45) is 11.8 Å². The smallest absolute Gasteiger partial charge is 0.209 e. The third-order valence-electron chi connectivity index (χ3n) is 8.65. The minimum Gasteiger partial charge on any atom is -0.510 e. The van der Waals surface area contributed by atoms with Gasteiger partial charge in [0.25, 0.3) is 0 Å². The monoisotopic (exact) mass is 547 g/mol. The molecule has 0 saturated heterocycles. The fourth-order valence-corrected chi connectivity index (χ4v) is 6.72. The Morgan fingerprint density at radius 3 is 2.33 bits per heavy atom. The van der Waals surface area contributed by atoms with Crippen LogP contribution >= 0.6 is 0 Å². The molecule has 4 N–H and O–H groups in total. The lowest BCUT2D eigenvalue weighted by Crippen LogP contribution is -2.63. The number of carbonyl (C=O) groups excluding carboxylic acids is 3. The maximum absolute atomic E-state index is 13.8. The Bertz CT molecular complexity index is 1490. The van der Waals surface area contributed by atoms with Crippen LogP contribution in [0.1, 0.15) is 40.4 Å². The van der Waals surface area contributed by atoms with Gasteiger partial charge in [0.1, 0.15) is 28.6 Å². The number of hydrogen-bond acceptors (Lipinski definition) is 9. The van der Waals surface area contributed by atoms with E-state index < -0.39 is 57.9 Å². The number of aromatic hydroxyl groups is 1. The van der Waals surface area contributed by atoms with Crippen LogP contribution in [0.25, 0.3) is 0 Å². The molecule has 9 nitrogen and oxygen atoms in total. The van der Waals surface area contributed by atoms with E-state index in [2.05, 4.69) is 0 Å². The topological polar surface area (TPSA) is 145 Å². The third-order valence-corrected chi connectivity index (χ3v) is 8.65. The largest absolute Gasteiger partial charge is 0.510 e. The average molecular weight is 548 g/mol. The van der Waals surface area contributed by atoms with Gasteiger partial charge >= 0.3 is 0 Å². The number of phenolic OH excluding ortho intramolecular Hbond substituents is 1. The van der Waals surface area contributed by atoms with E-state index in [1.807, 2.05) is 24.3 Å². The van der Waals surface area contributed by atoms with Crippen LogP contribution in [0.15, 0.2) is 59.1 Å². The minimum atomic E-state index is -2.57. The Kier molecular flexibility index (Phi) is 6.84. The maximum atomic E-state index is 13.8. The molecule has 0 unspecified atom stereocenters. The van der Waals surface area contributed by atoms with Crippen LogP contribution in [0, 0.1) is 11.8 Å². The molecule has 0 heterocycles. The van der Waals surface area contributed by atoms with Crippen LogP contribution in [0.5, 0.6) is 11.5 Å². The lowest BCUT2D eigenvalue weighted by molar-refractivity contribution is -0.148. The summed E-state index contributed by atoms with van der Waals surface area (Å²) in [7, 11) is 4.88. The third kappa shape index (κ3) is 4.03. The van der Waals surface area contributed by atoms with E-state index in [-0.39, 0.29) is 29.7 Å². The normalized spacial score (nSPS) is 26.0. The summed E-state index contributed by atoms with van der Waals surface area (Å²) >= 11 is 0. The fourth-order valence-electron chi connectivity index (χ4n) is 6.72. The van der Waals surface area contributed by atoms with Gasteiger partial charge in [0.15, 0.2) is 17.2 Å². The maximum Gasteiger partial charge on any atom is 0.209 e. The van der Waals surface area contributed by atoms with Gasteiger partial charge in [0, 0.05) is 11.5 Å². The predicted molar refractivity (Wildman–Crippen MR) is 146 cm³/mol. The second-order valence-corrected chi connectivity index (χ2v) is 11.1. The number of hydrogen-bond donors (Lipinski definition) is 4. The molecule has 0 spiro atoms. The van der Waals surface area contributed by atoms with Crippen LogP contribution < -0.4 is 4.74 Å². The SMILES string of the molecule is COc1ccc(CCc2ccc(O)c3c2C[C@H]2C[C@H]4[C@H](N(C)C)C(O)=C(C(C)=O)C(=O)[C@@]4(O)C(O)=C2C3=O)cc1. The number of likely N-dealkylation sites (N-methyl/N-ethyl adjacent to an activating group) is 1. The van der Waals surface area contributed by atoms with Crippen LogP contribution in [-0.4, -0.2) is 75.5 Å². The summed E-state index contributed by atoms with van der Waals surface area (Å²) in [6.07, 6.45) is 1.66. The number of rotatable bonds is 6. The molecule has 0 radical (unpaired) electrons. The Morgan fingerprint density at radius 2 is 1.73 bits per heavy atom. The summed E-state index contributed by atoms with van der Waals surface area (Å²) in [6, 6.07) is 9.98. The molecule has 0 aliphatic heterocycles. The standard InChI is InChI=1S/C31H33NO8/c1-15(33)23-28(36)26(32(2)3)21-14-18-13-20-17(8-5-16-6-10-19(40-4)11-7-16)9-12-22(34)25(20)27(35)24(18)30(38)31(21,39)29(23)37/h6-7,9-12,18,21,26,34,36,38-39H,5,8,13-14H2,1-4H3/t18-,21-,26-,31+/m0/s1. The molecule has 5 rings (SSSR count). The lowest BCUT2D eigenvalue weighted by atomic mass is 9.58. The minimum absolute atomic E-state index is 0.0460. The van der Waals surface area contributed by atoms with Gasteiger partial charge in [-0.25, -0.2) is 0 Å². The zero-order chi connectivity index (χ0) is 29.1. The molecular weight excluding hydrogens is 514 g/mol. The predicted octanol–water partition coefficient (Wildman–Crippen LogP) is 3.02. The van der Waals surface area contributed by atoms with Gasteiger partial charge in [-0.3, -0.25) is 19.3 Å². The Hall–Kier alpha value is -3.95. The Morgan fingerprint density at radius 1 is 1.05 bits per heavy atom. The number of carbonyl (C=O) groups is 3. The van der Waals surface area contributed by atoms with Gasteiger partial charge in [-0.05, 0) is 87.5 Å². The van der Waals surface area contributed by atoms with Gasteiger partial charge in [-0.1, -0.05) is 18.2 Å². The number of fused-ring (bicyclic) bond motifs is 3. The number of methoxy groups -OCH3 is 1. The van der Waals surface area contributed by atoms with Gasteiger partial charge in [0.2, 0.25) is 5.78 Å². The first-order valence-electron chi connectivity index (χ1n) is 13.2. The summed E-state index contributed by atoms with van der Waals surface area (Å²) in [5, 5.41) is 44.9. The van der Waals surface area contributed by atoms with Crippen LogP contribution in [-0.2, 0) is 28.9 Å². The zero-order valence-corrected chi connectivity index (χ0v) is 22.9. The number of phenols is 1. The molecule has 2 aromatic carbocycles. The van der Waals surface area contributed by atoms with E-state index in [1.165, 1.54) is 6.07 Å². The number of aliphatic hydroxyl groups excluding tert-OH is 2. The number of aryl methyl sites for hydroxylation is 2. The quantitative estimate of drug-likeness (QED) is 0.401. The molecular formula is C31H33NO8. The van der Waals surface area contributed by atoms with Gasteiger partial charge in [-0.15, -0.1) is 0 Å². The average Bonchev–Trinajstić information content (AvgIpc) is 2.90. The first-order valence-corrected chi connectivity index (χ1v) is 13.2. The Balaban J connectivity index is 1.58. The van der Waals surface area contributed by atoms with Crippen LogP contribution in [0.2, 0.25) is 0 Å². The molecule has 0 amide bonds. The number of ether oxygens (including phenoxy) is 1. The van der Waals surface area contributed by atoms with E-state index >= 15 is 0 Å². The summed E-state index contributed by atoms with van der Waals surface area (Å²) in [6.45, 7) is 1.10. The van der Waals surface area contributed by atoms with Crippen LogP contribution in [0.4, 0.5) is 0 Å². The highest BCUT2D eigenvalue weighted by molar-refractivity contribution is 6.25. The number of allylic oxidation sites excluding steroid dienone is 1. The highest BCUT2D eigenvalue weighted by atomic mass is 16.5. The van der Waals surface area contributed by atoms with Gasteiger partial charge in [-0.2, -0.15) is 0 Å². The molecule has 210 valence electrons. The summed E-state index contributed by atoms with van der Waals surface area (Å²) in [5.41, 5.74) is -0.629. The molecule has 0 fully saturated rings. The first kappa shape index (κ1) is 27.6. The highest BCUT2D eigenvalue weighted by Gasteiger charge is 2.63. The number of nitrogens with zero attached hydrogens (tertiary/aromatic N) is 1. The van der Waals surface area contributed by atoms with Crippen molar-refractivity contribution in [3.05, 3.63) is 81.3 Å². The molecule has 0 aromatic heterocycles. The van der Waals surface area contributed by atoms with E-state index in [0.29, 0.717) is 18.4 Å². The highest BCUT2D eigenvalue weighted by Crippen LogP contribution is 2.52. The van der Waals surface area contributed by atoms with E-state index in [4.69, 9.17) is 4.74 Å². The van der Waals surface area contributed by atoms with Gasteiger partial charge in [0.05, 0.1) is 18.7 Å². The molecule has 40 heavy (non-hydrogen) atoms. The summed E-state index contributed by atoms with van der Waals surface area (Å²) in [5.74, 6) is -4.87. The van der Waals surface area contributed by atoms with Crippen molar-refractivity contribution in [3.8, 4) is 11.5 Å². The first-order chi connectivity index (χ1) is 18.9.